The number of aliphatic hydroxyl groups excluding tert-OH is 1. The predicted octanol–water partition coefficient (Wildman–Crippen LogP) is 2.99. The Labute approximate surface area is 183 Å². The normalized spacial score (nSPS) is 19.3. The highest BCUT2D eigenvalue weighted by Gasteiger charge is 2.33. The van der Waals surface area contributed by atoms with E-state index in [-0.39, 0.29) is 29.6 Å². The van der Waals surface area contributed by atoms with E-state index in [9.17, 15) is 19.1 Å². The first-order valence-corrected chi connectivity index (χ1v) is 9.96. The van der Waals surface area contributed by atoms with Crippen molar-refractivity contribution in [1.29, 1.82) is 0 Å². The molecule has 0 fully saturated rings. The zero-order valence-corrected chi connectivity index (χ0v) is 17.6. The van der Waals surface area contributed by atoms with E-state index >= 15 is 0 Å². The number of hydrogen-bond donors (Lipinski definition) is 4. The third kappa shape index (κ3) is 4.84. The predicted molar refractivity (Wildman–Crippen MR) is 114 cm³/mol. The molecule has 2 amide bonds. The van der Waals surface area contributed by atoms with E-state index in [0.717, 1.165) is 0 Å². The van der Waals surface area contributed by atoms with Gasteiger partial charge >= 0.3 is 0 Å². The summed E-state index contributed by atoms with van der Waals surface area (Å²) in [5, 5.41) is 19.1. The molecule has 30 heavy (non-hydrogen) atoms. The first-order chi connectivity index (χ1) is 14.3. The molecule has 2 atom stereocenters. The minimum absolute atomic E-state index is 0.0512. The Balaban J connectivity index is 2.17. The Morgan fingerprint density at radius 2 is 2.03 bits per heavy atom. The Morgan fingerprint density at radius 3 is 2.73 bits per heavy atom. The molecule has 2 aromatic carbocycles. The highest BCUT2D eigenvalue weighted by molar-refractivity contribution is 6.31. The van der Waals surface area contributed by atoms with Crippen LogP contribution in [-0.4, -0.2) is 47.7 Å². The van der Waals surface area contributed by atoms with E-state index in [1.54, 1.807) is 30.3 Å². The van der Waals surface area contributed by atoms with Crippen LogP contribution < -0.4 is 16.0 Å². The van der Waals surface area contributed by atoms with Gasteiger partial charge < -0.3 is 26.0 Å². The maximum Gasteiger partial charge on any atom is 0.238 e. The standard InChI is InChI=1S/C20H21Cl2FN4O3/c1-11(29)27(10-28)17-8-24-9-18(30)25-16-7-12(21)5-6-15(16)26-20(17)13-3-2-4-14(22)19(13)23/h2-7,17,20,24,26,28H,8-10H2,1H3,(H,25,30). The van der Waals surface area contributed by atoms with Crippen LogP contribution in [0, 0.1) is 5.82 Å². The van der Waals surface area contributed by atoms with Crippen LogP contribution >= 0.6 is 23.2 Å². The average Bonchev–Trinajstić information content (AvgIpc) is 2.69. The highest BCUT2D eigenvalue weighted by atomic mass is 35.5. The van der Waals surface area contributed by atoms with Gasteiger partial charge in [-0.05, 0) is 24.3 Å². The van der Waals surface area contributed by atoms with Crippen LogP contribution in [0.2, 0.25) is 10.0 Å². The van der Waals surface area contributed by atoms with Gasteiger partial charge in [-0.15, -0.1) is 0 Å². The third-order valence-corrected chi connectivity index (χ3v) is 5.39. The Morgan fingerprint density at radius 1 is 1.27 bits per heavy atom. The quantitative estimate of drug-likeness (QED) is 0.534. The van der Waals surface area contributed by atoms with Gasteiger partial charge in [0, 0.05) is 24.1 Å². The van der Waals surface area contributed by atoms with E-state index in [1.165, 1.54) is 17.9 Å². The maximum absolute atomic E-state index is 15.0. The number of amides is 2. The van der Waals surface area contributed by atoms with Crippen LogP contribution in [0.3, 0.4) is 0 Å². The van der Waals surface area contributed by atoms with Crippen molar-refractivity contribution < 1.29 is 19.1 Å². The molecule has 160 valence electrons. The van der Waals surface area contributed by atoms with Crippen molar-refractivity contribution in [3.8, 4) is 0 Å². The van der Waals surface area contributed by atoms with Gasteiger partial charge in [0.2, 0.25) is 11.8 Å². The number of nitrogens with one attached hydrogen (secondary N) is 3. The number of fused-ring (bicyclic) bond motifs is 1. The monoisotopic (exact) mass is 454 g/mol. The molecular weight excluding hydrogens is 434 g/mol. The lowest BCUT2D eigenvalue weighted by Gasteiger charge is -2.38. The van der Waals surface area contributed by atoms with E-state index in [0.29, 0.717) is 16.4 Å². The number of hydrogen-bond acceptors (Lipinski definition) is 5. The van der Waals surface area contributed by atoms with Crippen molar-refractivity contribution in [1.82, 2.24) is 10.2 Å². The minimum atomic E-state index is -0.804. The second kappa shape index (κ2) is 9.61. The fraction of sp³-hybridized carbons (Fsp3) is 0.300. The minimum Gasteiger partial charge on any atom is -0.376 e. The second-order valence-corrected chi connectivity index (χ2v) is 7.68. The lowest BCUT2D eigenvalue weighted by atomic mass is 9.96. The summed E-state index contributed by atoms with van der Waals surface area (Å²) in [7, 11) is 0. The molecule has 4 N–H and O–H groups in total. The van der Waals surface area contributed by atoms with Crippen LogP contribution in [0.4, 0.5) is 15.8 Å². The summed E-state index contributed by atoms with van der Waals surface area (Å²) in [6.45, 7) is 0.785. The number of rotatable bonds is 3. The summed E-state index contributed by atoms with van der Waals surface area (Å²) < 4.78 is 15.0. The van der Waals surface area contributed by atoms with E-state index in [2.05, 4.69) is 16.0 Å². The summed E-state index contributed by atoms with van der Waals surface area (Å²) in [6, 6.07) is 7.89. The average molecular weight is 455 g/mol. The van der Waals surface area contributed by atoms with E-state index in [4.69, 9.17) is 23.2 Å². The van der Waals surface area contributed by atoms with Crippen molar-refractivity contribution in [2.24, 2.45) is 0 Å². The number of nitrogens with zero attached hydrogens (tertiary/aromatic N) is 1. The van der Waals surface area contributed by atoms with Crippen molar-refractivity contribution in [2.45, 2.75) is 19.0 Å². The molecule has 0 aliphatic carbocycles. The molecule has 2 unspecified atom stereocenters. The lowest BCUT2D eigenvalue weighted by molar-refractivity contribution is -0.135. The van der Waals surface area contributed by atoms with E-state index < -0.39 is 30.5 Å². The number of benzene rings is 2. The molecule has 0 saturated carbocycles. The highest BCUT2D eigenvalue weighted by Crippen LogP contribution is 2.34. The van der Waals surface area contributed by atoms with Crippen molar-refractivity contribution in [3.05, 3.63) is 57.8 Å². The molecule has 1 heterocycles. The molecule has 0 bridgehead atoms. The number of anilines is 2. The number of halogens is 3. The molecule has 10 heteroatoms. The van der Waals surface area contributed by atoms with Gasteiger partial charge in [-0.1, -0.05) is 35.3 Å². The fourth-order valence-corrected chi connectivity index (χ4v) is 3.78. The molecule has 0 radical (unpaired) electrons. The summed E-state index contributed by atoms with van der Waals surface area (Å²) >= 11 is 12.1. The molecule has 1 aliphatic rings. The van der Waals surface area contributed by atoms with Gasteiger partial charge in [0.05, 0.1) is 35.0 Å². The first-order valence-electron chi connectivity index (χ1n) is 9.20. The second-order valence-electron chi connectivity index (χ2n) is 6.83. The van der Waals surface area contributed by atoms with Gasteiger partial charge in [-0.3, -0.25) is 9.59 Å². The largest absolute Gasteiger partial charge is 0.376 e. The Hall–Kier alpha value is -2.39. The van der Waals surface area contributed by atoms with Crippen LogP contribution in [0.1, 0.15) is 18.5 Å². The van der Waals surface area contributed by atoms with Gasteiger partial charge in [-0.25, -0.2) is 4.39 Å². The first kappa shape index (κ1) is 22.3. The Kier molecular flexibility index (Phi) is 7.14. The molecule has 0 saturated heterocycles. The van der Waals surface area contributed by atoms with Crippen LogP contribution in [-0.2, 0) is 9.59 Å². The molecule has 3 rings (SSSR count). The molecular formula is C20H21Cl2FN4O3. The number of aliphatic hydroxyl groups is 1. The molecule has 2 aromatic rings. The summed E-state index contributed by atoms with van der Waals surface area (Å²) in [6.07, 6.45) is 0. The molecule has 7 nitrogen and oxygen atoms in total. The van der Waals surface area contributed by atoms with Crippen LogP contribution in [0.25, 0.3) is 0 Å². The van der Waals surface area contributed by atoms with Crippen molar-refractivity contribution in [3.63, 3.8) is 0 Å². The summed E-state index contributed by atoms with van der Waals surface area (Å²) in [4.78, 5) is 25.7. The lowest BCUT2D eigenvalue weighted by Crippen LogP contribution is -2.52. The van der Waals surface area contributed by atoms with Crippen LogP contribution in [0.5, 0.6) is 0 Å². The topological polar surface area (TPSA) is 93.7 Å². The van der Waals surface area contributed by atoms with Crippen molar-refractivity contribution >= 4 is 46.4 Å². The zero-order valence-electron chi connectivity index (χ0n) is 16.1. The molecule has 0 aromatic heterocycles. The van der Waals surface area contributed by atoms with Crippen LogP contribution in [0.15, 0.2) is 36.4 Å². The zero-order chi connectivity index (χ0) is 21.8. The molecule has 0 spiro atoms. The summed E-state index contributed by atoms with van der Waals surface area (Å²) in [5.41, 5.74) is 1.09. The van der Waals surface area contributed by atoms with Crippen molar-refractivity contribution in [2.75, 3.05) is 30.5 Å². The smallest absolute Gasteiger partial charge is 0.238 e. The van der Waals surface area contributed by atoms with Gasteiger partial charge in [0.25, 0.3) is 0 Å². The molecule has 1 aliphatic heterocycles. The SMILES string of the molecule is CC(=O)N(CO)C1CNCC(=O)Nc2cc(Cl)ccc2NC1c1cccc(Cl)c1F. The van der Waals surface area contributed by atoms with Gasteiger partial charge in [-0.2, -0.15) is 0 Å². The maximum atomic E-state index is 15.0. The van der Waals surface area contributed by atoms with E-state index in [1.807, 2.05) is 0 Å². The summed E-state index contributed by atoms with van der Waals surface area (Å²) in [5.74, 6) is -1.36. The Bertz CT molecular complexity index is 960. The number of carbonyl (C=O) groups is 2. The third-order valence-electron chi connectivity index (χ3n) is 4.86. The van der Waals surface area contributed by atoms with Gasteiger partial charge in [0.15, 0.2) is 0 Å². The fourth-order valence-electron chi connectivity index (χ4n) is 3.43. The number of carbonyl (C=O) groups excluding carboxylic acids is 2. The van der Waals surface area contributed by atoms with Gasteiger partial charge in [0.1, 0.15) is 12.5 Å².